The lowest BCUT2D eigenvalue weighted by Crippen LogP contribution is -2.50. The minimum atomic E-state index is -0.702. The highest BCUT2D eigenvalue weighted by Gasteiger charge is 2.39. The van der Waals surface area contributed by atoms with Gasteiger partial charge >= 0.3 is 0 Å². The average molecular weight is 274 g/mol. The summed E-state index contributed by atoms with van der Waals surface area (Å²) < 4.78 is 5.11. The van der Waals surface area contributed by atoms with Crippen LogP contribution in [0.3, 0.4) is 0 Å². The van der Waals surface area contributed by atoms with E-state index in [1.54, 1.807) is 7.11 Å². The van der Waals surface area contributed by atoms with Gasteiger partial charge < -0.3 is 15.8 Å². The molecule has 0 aliphatic heterocycles. The molecule has 0 bridgehead atoms. The molecule has 5 heteroatoms. The van der Waals surface area contributed by atoms with E-state index in [0.717, 1.165) is 12.8 Å². The van der Waals surface area contributed by atoms with E-state index in [9.17, 15) is 4.79 Å². The Morgan fingerprint density at radius 1 is 1.39 bits per heavy atom. The van der Waals surface area contributed by atoms with E-state index < -0.39 is 5.41 Å². The molecular weight excluding hydrogens is 248 g/mol. The first-order valence-corrected chi connectivity index (χ1v) is 6.96. The molecule has 0 aromatic rings. The third kappa shape index (κ3) is 4.53. The lowest BCUT2D eigenvalue weighted by atomic mass is 9.78. The molecule has 3 N–H and O–H groups in total. The molecule has 18 heavy (non-hydrogen) atoms. The summed E-state index contributed by atoms with van der Waals surface area (Å²) in [5.41, 5.74) is 5.12. The minimum Gasteiger partial charge on any atom is -0.392 e. The molecule has 0 aliphatic rings. The van der Waals surface area contributed by atoms with Gasteiger partial charge in [0.25, 0.3) is 0 Å². The molecule has 0 heterocycles. The zero-order valence-corrected chi connectivity index (χ0v) is 12.7. The minimum absolute atomic E-state index is 0.0127. The molecular formula is C13H26N2O2S. The second-order valence-corrected chi connectivity index (χ2v) is 5.14. The Morgan fingerprint density at radius 2 is 1.89 bits per heavy atom. The highest BCUT2D eigenvalue weighted by molar-refractivity contribution is 7.80. The Morgan fingerprint density at radius 3 is 2.22 bits per heavy atom. The average Bonchev–Trinajstić information content (AvgIpc) is 2.34. The van der Waals surface area contributed by atoms with E-state index in [1.165, 1.54) is 0 Å². The van der Waals surface area contributed by atoms with Crippen molar-refractivity contribution < 1.29 is 9.53 Å². The Hall–Kier alpha value is -0.680. The fraction of sp³-hybridized carbons (Fsp3) is 0.846. The Labute approximate surface area is 116 Å². The summed E-state index contributed by atoms with van der Waals surface area (Å²) in [7, 11) is 1.62. The number of hydrogen-bond donors (Lipinski definition) is 2. The van der Waals surface area contributed by atoms with Gasteiger partial charge in [0.1, 0.15) is 0 Å². The van der Waals surface area contributed by atoms with Crippen LogP contribution in [-0.4, -0.2) is 30.7 Å². The number of rotatable bonds is 9. The summed E-state index contributed by atoms with van der Waals surface area (Å²) in [5, 5.41) is 2.89. The largest absolute Gasteiger partial charge is 0.392 e. The van der Waals surface area contributed by atoms with Gasteiger partial charge in [0.05, 0.1) is 16.5 Å². The van der Waals surface area contributed by atoms with Gasteiger partial charge in [0, 0.05) is 13.7 Å². The monoisotopic (exact) mass is 274 g/mol. The van der Waals surface area contributed by atoms with Crippen LogP contribution in [0.2, 0.25) is 0 Å². The Bertz CT molecular complexity index is 276. The van der Waals surface area contributed by atoms with Gasteiger partial charge in [-0.15, -0.1) is 0 Å². The van der Waals surface area contributed by atoms with E-state index in [2.05, 4.69) is 5.32 Å². The van der Waals surface area contributed by atoms with Gasteiger partial charge in [-0.1, -0.05) is 38.9 Å². The molecule has 0 aliphatic carbocycles. The van der Waals surface area contributed by atoms with Crippen molar-refractivity contribution in [1.82, 2.24) is 5.32 Å². The lowest BCUT2D eigenvalue weighted by molar-refractivity contribution is -0.128. The standard InChI is InChI=1S/C13H26N2O2S/c1-5-7-13(8-6-2,11(14)18)12(16)15-9-10(3)17-4/h10H,5-9H2,1-4H3,(H2,14,18)(H,15,16). The normalized spacial score (nSPS) is 13.1. The third-order valence-electron chi connectivity index (χ3n) is 3.21. The van der Waals surface area contributed by atoms with Crippen LogP contribution in [0.5, 0.6) is 0 Å². The van der Waals surface area contributed by atoms with Crippen molar-refractivity contribution in [1.29, 1.82) is 0 Å². The van der Waals surface area contributed by atoms with E-state index >= 15 is 0 Å². The van der Waals surface area contributed by atoms with Crippen molar-refractivity contribution in [3.8, 4) is 0 Å². The number of hydrogen-bond acceptors (Lipinski definition) is 3. The maximum atomic E-state index is 12.4. The van der Waals surface area contributed by atoms with Crippen molar-refractivity contribution in [3.05, 3.63) is 0 Å². The van der Waals surface area contributed by atoms with Crippen LogP contribution in [0, 0.1) is 5.41 Å². The molecule has 0 spiro atoms. The fourth-order valence-electron chi connectivity index (χ4n) is 2.05. The number of nitrogens with two attached hydrogens (primary N) is 1. The number of ether oxygens (including phenoxy) is 1. The van der Waals surface area contributed by atoms with Crippen molar-refractivity contribution in [2.24, 2.45) is 11.1 Å². The zero-order valence-electron chi connectivity index (χ0n) is 11.9. The van der Waals surface area contributed by atoms with Crippen LogP contribution in [0.15, 0.2) is 0 Å². The third-order valence-corrected chi connectivity index (χ3v) is 3.60. The van der Waals surface area contributed by atoms with Crippen LogP contribution in [0.1, 0.15) is 46.5 Å². The van der Waals surface area contributed by atoms with Crippen LogP contribution in [0.25, 0.3) is 0 Å². The predicted molar refractivity (Wildman–Crippen MR) is 78.5 cm³/mol. The van der Waals surface area contributed by atoms with Gasteiger partial charge in [0.15, 0.2) is 0 Å². The summed E-state index contributed by atoms with van der Waals surface area (Å²) in [5.74, 6) is -0.0670. The molecule has 0 fully saturated rings. The number of amides is 1. The maximum absolute atomic E-state index is 12.4. The fourth-order valence-corrected chi connectivity index (χ4v) is 2.35. The van der Waals surface area contributed by atoms with Gasteiger partial charge in [-0.2, -0.15) is 0 Å². The van der Waals surface area contributed by atoms with Gasteiger partial charge in [-0.05, 0) is 19.8 Å². The van der Waals surface area contributed by atoms with E-state index in [0.29, 0.717) is 24.4 Å². The second kappa shape index (κ2) is 8.43. The molecule has 0 saturated carbocycles. The van der Waals surface area contributed by atoms with Gasteiger partial charge in [-0.3, -0.25) is 4.79 Å². The van der Waals surface area contributed by atoms with E-state index in [4.69, 9.17) is 22.7 Å². The van der Waals surface area contributed by atoms with Crippen LogP contribution in [-0.2, 0) is 9.53 Å². The number of nitrogens with one attached hydrogen (secondary N) is 1. The van der Waals surface area contributed by atoms with Gasteiger partial charge in [-0.25, -0.2) is 0 Å². The SMILES string of the molecule is CCCC(CCC)(C(=O)NCC(C)OC)C(N)=S. The topological polar surface area (TPSA) is 64.3 Å². The first-order chi connectivity index (χ1) is 8.44. The maximum Gasteiger partial charge on any atom is 0.233 e. The molecule has 106 valence electrons. The van der Waals surface area contributed by atoms with Crippen LogP contribution in [0.4, 0.5) is 0 Å². The highest BCUT2D eigenvalue weighted by atomic mass is 32.1. The number of thiocarbonyl (C=S) groups is 1. The zero-order chi connectivity index (χ0) is 14.2. The molecule has 0 aromatic heterocycles. The molecule has 0 aromatic carbocycles. The molecule has 1 atom stereocenters. The number of methoxy groups -OCH3 is 1. The molecule has 1 amide bonds. The van der Waals surface area contributed by atoms with E-state index in [-0.39, 0.29) is 12.0 Å². The number of carbonyl (C=O) groups is 1. The first kappa shape index (κ1) is 17.3. The highest BCUT2D eigenvalue weighted by Crippen LogP contribution is 2.30. The first-order valence-electron chi connectivity index (χ1n) is 6.55. The second-order valence-electron chi connectivity index (χ2n) is 4.70. The lowest BCUT2D eigenvalue weighted by Gasteiger charge is -2.31. The molecule has 0 rings (SSSR count). The summed E-state index contributed by atoms with van der Waals surface area (Å²) >= 11 is 5.13. The molecule has 4 nitrogen and oxygen atoms in total. The van der Waals surface area contributed by atoms with Crippen molar-refractivity contribution in [2.45, 2.75) is 52.6 Å². The Balaban J connectivity index is 4.82. The molecule has 0 saturated heterocycles. The van der Waals surface area contributed by atoms with Crippen molar-refractivity contribution >= 4 is 23.1 Å². The van der Waals surface area contributed by atoms with Gasteiger partial charge in [0.2, 0.25) is 5.91 Å². The smallest absolute Gasteiger partial charge is 0.233 e. The number of carbonyl (C=O) groups excluding carboxylic acids is 1. The molecule has 0 radical (unpaired) electrons. The van der Waals surface area contributed by atoms with Crippen molar-refractivity contribution in [2.75, 3.05) is 13.7 Å². The van der Waals surface area contributed by atoms with E-state index in [1.807, 2.05) is 20.8 Å². The summed E-state index contributed by atoms with van der Waals surface area (Å²) in [6.45, 7) is 6.46. The van der Waals surface area contributed by atoms with Crippen LogP contribution >= 0.6 is 12.2 Å². The summed E-state index contributed by atoms with van der Waals surface area (Å²) in [4.78, 5) is 12.7. The van der Waals surface area contributed by atoms with Crippen LogP contribution < -0.4 is 11.1 Å². The summed E-state index contributed by atoms with van der Waals surface area (Å²) in [6.07, 6.45) is 3.14. The quantitative estimate of drug-likeness (QED) is 0.631. The predicted octanol–water partition coefficient (Wildman–Crippen LogP) is 2.01. The summed E-state index contributed by atoms with van der Waals surface area (Å²) in [6, 6.07) is 0. The van der Waals surface area contributed by atoms with Crippen molar-refractivity contribution in [3.63, 3.8) is 0 Å². The molecule has 1 unspecified atom stereocenters. The Kier molecular flexibility index (Phi) is 8.11.